The number of hydrogen-bond donors (Lipinski definition) is 2. The van der Waals surface area contributed by atoms with E-state index in [9.17, 15) is 19.2 Å². The SMILES string of the molecule is C/C(=N\OC(C)C)c1cn(CC(=O)c2ccccc2N)c(=O)n(C[C@H](C)NC(=O)C(C)C)c1=O. The standard InChI is InChI=1S/C24H33N5O5/c1-14(2)22(31)26-16(5)11-29-23(32)19(17(6)27-34-15(3)4)12-28(24(29)33)13-21(30)18-9-7-8-10-20(18)25/h7-10,12,14-16H,11,13,25H2,1-6H3,(H,26,31)/b27-17+/t16-/m0/s1. The number of ketones is 1. The molecule has 3 N–H and O–H groups in total. The zero-order valence-corrected chi connectivity index (χ0v) is 20.5. The molecule has 10 heteroatoms. The number of amides is 1. The maximum Gasteiger partial charge on any atom is 0.331 e. The fraction of sp³-hybridized carbons (Fsp3) is 0.458. The second-order valence-electron chi connectivity index (χ2n) is 8.77. The molecule has 0 fully saturated rings. The van der Waals surface area contributed by atoms with Gasteiger partial charge in [-0.05, 0) is 39.8 Å². The summed E-state index contributed by atoms with van der Waals surface area (Å²) < 4.78 is 2.15. The fourth-order valence-electron chi connectivity index (χ4n) is 3.13. The summed E-state index contributed by atoms with van der Waals surface area (Å²) in [7, 11) is 0. The van der Waals surface area contributed by atoms with Crippen LogP contribution >= 0.6 is 0 Å². The number of para-hydroxylation sites is 1. The Balaban J connectivity index is 2.54. The van der Waals surface area contributed by atoms with Crippen LogP contribution < -0.4 is 22.3 Å². The molecule has 0 aliphatic carbocycles. The van der Waals surface area contributed by atoms with Gasteiger partial charge in [0.05, 0.1) is 24.4 Å². The number of aromatic nitrogens is 2. The van der Waals surface area contributed by atoms with Crippen molar-refractivity contribution in [2.24, 2.45) is 11.1 Å². The smallest absolute Gasteiger partial charge is 0.331 e. The van der Waals surface area contributed by atoms with Crippen LogP contribution in [-0.2, 0) is 22.7 Å². The van der Waals surface area contributed by atoms with Crippen molar-refractivity contribution in [3.63, 3.8) is 0 Å². The minimum Gasteiger partial charge on any atom is -0.398 e. The van der Waals surface area contributed by atoms with E-state index < -0.39 is 17.3 Å². The molecule has 0 unspecified atom stereocenters. The molecule has 0 spiro atoms. The molecule has 0 saturated carbocycles. The van der Waals surface area contributed by atoms with E-state index in [4.69, 9.17) is 10.6 Å². The van der Waals surface area contributed by atoms with Crippen LogP contribution in [0.5, 0.6) is 0 Å². The summed E-state index contributed by atoms with van der Waals surface area (Å²) in [6.45, 7) is 9.95. The molecule has 2 rings (SSSR count). The molecular weight excluding hydrogens is 438 g/mol. The minimum absolute atomic E-state index is 0.0794. The zero-order valence-electron chi connectivity index (χ0n) is 20.5. The van der Waals surface area contributed by atoms with Crippen molar-refractivity contribution in [2.75, 3.05) is 5.73 Å². The van der Waals surface area contributed by atoms with Crippen LogP contribution in [0.4, 0.5) is 5.69 Å². The van der Waals surface area contributed by atoms with Gasteiger partial charge >= 0.3 is 5.69 Å². The first kappa shape index (κ1) is 26.6. The van der Waals surface area contributed by atoms with Crippen LogP contribution in [0.2, 0.25) is 0 Å². The quantitative estimate of drug-likeness (QED) is 0.234. The Hall–Kier alpha value is -3.69. The average Bonchev–Trinajstić information content (AvgIpc) is 2.76. The minimum atomic E-state index is -0.681. The Morgan fingerprint density at radius 1 is 1.09 bits per heavy atom. The zero-order chi connectivity index (χ0) is 25.6. The van der Waals surface area contributed by atoms with Crippen molar-refractivity contribution >= 4 is 23.1 Å². The molecule has 0 aliphatic rings. The van der Waals surface area contributed by atoms with Crippen molar-refractivity contribution < 1.29 is 14.4 Å². The van der Waals surface area contributed by atoms with Gasteiger partial charge in [0, 0.05) is 29.4 Å². The topological polar surface area (TPSA) is 138 Å². The van der Waals surface area contributed by atoms with E-state index in [0.29, 0.717) is 5.69 Å². The van der Waals surface area contributed by atoms with Crippen LogP contribution in [0.3, 0.4) is 0 Å². The summed E-state index contributed by atoms with van der Waals surface area (Å²) in [5.41, 5.74) is 5.57. The van der Waals surface area contributed by atoms with Crippen molar-refractivity contribution in [3.8, 4) is 0 Å². The van der Waals surface area contributed by atoms with Crippen LogP contribution in [0.1, 0.15) is 57.5 Å². The summed E-state index contributed by atoms with van der Waals surface area (Å²) in [4.78, 5) is 56.6. The van der Waals surface area contributed by atoms with Gasteiger partial charge in [0.25, 0.3) is 5.56 Å². The normalized spacial score (nSPS) is 12.6. The summed E-state index contributed by atoms with van der Waals surface area (Å²) in [5.74, 6) is -0.834. The van der Waals surface area contributed by atoms with Gasteiger partial charge in [-0.2, -0.15) is 0 Å². The van der Waals surface area contributed by atoms with E-state index in [1.807, 2.05) is 0 Å². The fourth-order valence-corrected chi connectivity index (χ4v) is 3.13. The van der Waals surface area contributed by atoms with Gasteiger partial charge < -0.3 is 15.9 Å². The van der Waals surface area contributed by atoms with Crippen LogP contribution in [-0.4, -0.2) is 38.7 Å². The van der Waals surface area contributed by atoms with Gasteiger partial charge in [-0.1, -0.05) is 31.1 Å². The predicted molar refractivity (Wildman–Crippen MR) is 131 cm³/mol. The number of nitrogens with two attached hydrogens (primary N) is 1. The summed E-state index contributed by atoms with van der Waals surface area (Å²) >= 11 is 0. The average molecular weight is 472 g/mol. The molecule has 34 heavy (non-hydrogen) atoms. The number of nitrogen functional groups attached to an aromatic ring is 1. The summed E-state index contributed by atoms with van der Waals surface area (Å²) in [6.07, 6.45) is 1.09. The van der Waals surface area contributed by atoms with Gasteiger partial charge in [-0.3, -0.25) is 23.5 Å². The number of benzene rings is 1. The van der Waals surface area contributed by atoms with Crippen LogP contribution in [0, 0.1) is 5.92 Å². The van der Waals surface area contributed by atoms with E-state index in [0.717, 1.165) is 9.13 Å². The maximum atomic E-state index is 13.2. The lowest BCUT2D eigenvalue weighted by Crippen LogP contribution is -2.48. The molecule has 10 nitrogen and oxygen atoms in total. The highest BCUT2D eigenvalue weighted by atomic mass is 16.6. The first-order valence-corrected chi connectivity index (χ1v) is 11.2. The van der Waals surface area contributed by atoms with Crippen molar-refractivity contribution in [1.29, 1.82) is 0 Å². The summed E-state index contributed by atoms with van der Waals surface area (Å²) in [5, 5.41) is 6.76. The number of oxime groups is 1. The number of hydrogen-bond acceptors (Lipinski definition) is 7. The Kier molecular flexibility index (Phi) is 8.94. The van der Waals surface area contributed by atoms with Gasteiger partial charge in [0.2, 0.25) is 5.91 Å². The van der Waals surface area contributed by atoms with E-state index >= 15 is 0 Å². The third-order valence-electron chi connectivity index (χ3n) is 4.97. The molecule has 2 aromatic rings. The van der Waals surface area contributed by atoms with E-state index in [1.54, 1.807) is 65.8 Å². The largest absolute Gasteiger partial charge is 0.398 e. The van der Waals surface area contributed by atoms with Gasteiger partial charge in [0.1, 0.15) is 6.10 Å². The number of carbonyl (C=O) groups is 2. The first-order chi connectivity index (χ1) is 15.9. The number of rotatable bonds is 10. The van der Waals surface area contributed by atoms with Crippen LogP contribution in [0.15, 0.2) is 45.2 Å². The van der Waals surface area contributed by atoms with Gasteiger partial charge in [0.15, 0.2) is 5.78 Å². The van der Waals surface area contributed by atoms with Gasteiger partial charge in [-0.15, -0.1) is 0 Å². The molecule has 0 radical (unpaired) electrons. The molecule has 0 aliphatic heterocycles. The highest BCUT2D eigenvalue weighted by Crippen LogP contribution is 2.12. The second kappa shape index (κ2) is 11.4. The molecule has 184 valence electrons. The van der Waals surface area contributed by atoms with Crippen LogP contribution in [0.25, 0.3) is 0 Å². The molecule has 1 aromatic heterocycles. The number of carbonyl (C=O) groups excluding carboxylic acids is 2. The Labute approximate surface area is 198 Å². The Morgan fingerprint density at radius 3 is 2.32 bits per heavy atom. The Morgan fingerprint density at radius 2 is 1.74 bits per heavy atom. The monoisotopic (exact) mass is 471 g/mol. The highest BCUT2D eigenvalue weighted by molar-refractivity contribution is 6.01. The first-order valence-electron chi connectivity index (χ1n) is 11.2. The molecule has 0 bridgehead atoms. The molecule has 1 amide bonds. The molecule has 0 saturated heterocycles. The second-order valence-corrected chi connectivity index (χ2v) is 8.77. The lowest BCUT2D eigenvalue weighted by Gasteiger charge is -2.18. The third-order valence-corrected chi connectivity index (χ3v) is 4.97. The highest BCUT2D eigenvalue weighted by Gasteiger charge is 2.20. The Bertz CT molecular complexity index is 1190. The van der Waals surface area contributed by atoms with Crippen molar-refractivity contribution in [2.45, 2.75) is 66.8 Å². The van der Waals surface area contributed by atoms with E-state index in [-0.39, 0.29) is 53.6 Å². The number of nitrogens with zero attached hydrogens (tertiary/aromatic N) is 3. The predicted octanol–water partition coefficient (Wildman–Crippen LogP) is 1.78. The molecular formula is C24H33N5O5. The number of anilines is 1. The summed E-state index contributed by atoms with van der Waals surface area (Å²) in [6, 6.07) is 6.05. The number of nitrogens with one attached hydrogen (secondary N) is 1. The number of Topliss-reactive ketones (excluding diaryl/α,β-unsaturated/α-hetero) is 1. The van der Waals surface area contributed by atoms with Crippen molar-refractivity contribution in [3.05, 3.63) is 62.4 Å². The maximum absolute atomic E-state index is 13.2. The lowest BCUT2D eigenvalue weighted by atomic mass is 10.1. The lowest BCUT2D eigenvalue weighted by molar-refractivity contribution is -0.124. The van der Waals surface area contributed by atoms with Crippen molar-refractivity contribution in [1.82, 2.24) is 14.5 Å². The molecule has 1 aromatic carbocycles. The molecule has 1 atom stereocenters. The van der Waals surface area contributed by atoms with Gasteiger partial charge in [-0.25, -0.2) is 4.79 Å². The molecule has 1 heterocycles. The van der Waals surface area contributed by atoms with E-state index in [2.05, 4.69) is 10.5 Å². The van der Waals surface area contributed by atoms with E-state index in [1.165, 1.54) is 6.20 Å². The third kappa shape index (κ3) is 6.66.